The summed E-state index contributed by atoms with van der Waals surface area (Å²) in [5, 5.41) is 5.41. The van der Waals surface area contributed by atoms with E-state index in [1.54, 1.807) is 14.1 Å². The highest BCUT2D eigenvalue weighted by Gasteiger charge is 2.29. The molecule has 1 rings (SSSR count). The van der Waals surface area contributed by atoms with E-state index in [9.17, 15) is 9.59 Å². The summed E-state index contributed by atoms with van der Waals surface area (Å²) < 4.78 is 0. The molecule has 0 aromatic heterocycles. The van der Waals surface area contributed by atoms with Crippen molar-refractivity contribution in [1.82, 2.24) is 15.5 Å². The second-order valence-electron chi connectivity index (χ2n) is 4.68. The third kappa shape index (κ3) is 5.53. The lowest BCUT2D eigenvalue weighted by molar-refractivity contribution is -0.121. The van der Waals surface area contributed by atoms with Gasteiger partial charge in [-0.1, -0.05) is 0 Å². The van der Waals surface area contributed by atoms with Crippen molar-refractivity contribution >= 4 is 11.9 Å². The molecular weight excluding hydrogens is 220 g/mol. The first kappa shape index (κ1) is 13.8. The number of urea groups is 1. The van der Waals surface area contributed by atoms with E-state index in [-0.39, 0.29) is 18.0 Å². The molecule has 0 aromatic rings. The van der Waals surface area contributed by atoms with Crippen LogP contribution >= 0.6 is 0 Å². The van der Waals surface area contributed by atoms with Crippen molar-refractivity contribution in [2.45, 2.75) is 25.3 Å². The van der Waals surface area contributed by atoms with E-state index in [1.165, 1.54) is 4.90 Å². The highest BCUT2D eigenvalue weighted by molar-refractivity contribution is 5.77. The first-order valence-electron chi connectivity index (χ1n) is 5.98. The molecule has 0 spiro atoms. The molecule has 4 N–H and O–H groups in total. The summed E-state index contributed by atoms with van der Waals surface area (Å²) >= 11 is 0. The summed E-state index contributed by atoms with van der Waals surface area (Å²) in [7, 11) is 3.34. The Morgan fingerprint density at radius 1 is 1.29 bits per heavy atom. The van der Waals surface area contributed by atoms with Crippen molar-refractivity contribution in [2.75, 3.05) is 27.2 Å². The molecular formula is C11H22N4O2. The third-order valence-electron chi connectivity index (χ3n) is 2.78. The standard InChI is InChI=1S/C11H22N4O2/c1-15(2)11(17)14-6-5-13-10(16)7-9(12)8-3-4-8/h8-9H,3-7,12H2,1-2H3,(H,13,16)(H,14,17). The first-order valence-corrected chi connectivity index (χ1v) is 5.98. The lowest BCUT2D eigenvalue weighted by atomic mass is 10.1. The molecule has 6 nitrogen and oxygen atoms in total. The van der Waals surface area contributed by atoms with Crippen LogP contribution in [0.5, 0.6) is 0 Å². The van der Waals surface area contributed by atoms with E-state index in [0.717, 1.165) is 12.8 Å². The molecule has 1 saturated carbocycles. The van der Waals surface area contributed by atoms with Gasteiger partial charge in [-0.05, 0) is 18.8 Å². The molecule has 0 aliphatic heterocycles. The summed E-state index contributed by atoms with van der Waals surface area (Å²) in [5.74, 6) is 0.498. The fraction of sp³-hybridized carbons (Fsp3) is 0.818. The van der Waals surface area contributed by atoms with Crippen LogP contribution in [0.4, 0.5) is 4.79 Å². The van der Waals surface area contributed by atoms with Crippen molar-refractivity contribution in [1.29, 1.82) is 0 Å². The van der Waals surface area contributed by atoms with Gasteiger partial charge in [0.2, 0.25) is 5.91 Å². The van der Waals surface area contributed by atoms with Gasteiger partial charge < -0.3 is 21.3 Å². The average Bonchev–Trinajstić information content (AvgIpc) is 3.07. The summed E-state index contributed by atoms with van der Waals surface area (Å²) in [6, 6.07) is -0.166. The van der Waals surface area contributed by atoms with Gasteiger partial charge in [-0.3, -0.25) is 4.79 Å². The molecule has 1 aliphatic carbocycles. The van der Waals surface area contributed by atoms with Gasteiger partial charge >= 0.3 is 6.03 Å². The van der Waals surface area contributed by atoms with Gasteiger partial charge in [0.1, 0.15) is 0 Å². The Hall–Kier alpha value is -1.30. The van der Waals surface area contributed by atoms with E-state index in [1.807, 2.05) is 0 Å². The van der Waals surface area contributed by atoms with E-state index in [0.29, 0.717) is 25.4 Å². The monoisotopic (exact) mass is 242 g/mol. The van der Waals surface area contributed by atoms with Crippen molar-refractivity contribution in [3.05, 3.63) is 0 Å². The van der Waals surface area contributed by atoms with Crippen LogP contribution in [0.1, 0.15) is 19.3 Å². The van der Waals surface area contributed by atoms with Crippen LogP contribution in [0.2, 0.25) is 0 Å². The van der Waals surface area contributed by atoms with Gasteiger partial charge in [-0.25, -0.2) is 4.79 Å². The molecule has 17 heavy (non-hydrogen) atoms. The summed E-state index contributed by atoms with van der Waals surface area (Å²) in [5.41, 5.74) is 5.83. The molecule has 6 heteroatoms. The largest absolute Gasteiger partial charge is 0.354 e. The van der Waals surface area contributed by atoms with Crippen molar-refractivity contribution < 1.29 is 9.59 Å². The maximum Gasteiger partial charge on any atom is 0.316 e. The minimum absolute atomic E-state index is 0.00799. The summed E-state index contributed by atoms with van der Waals surface area (Å²) in [6.07, 6.45) is 2.67. The number of nitrogens with one attached hydrogen (secondary N) is 2. The lowest BCUT2D eigenvalue weighted by Gasteiger charge is -2.13. The molecule has 1 atom stereocenters. The quantitative estimate of drug-likeness (QED) is 0.549. The van der Waals surface area contributed by atoms with Crippen molar-refractivity contribution in [3.63, 3.8) is 0 Å². The molecule has 0 aromatic carbocycles. The van der Waals surface area contributed by atoms with Gasteiger partial charge in [0.15, 0.2) is 0 Å². The van der Waals surface area contributed by atoms with Gasteiger partial charge in [0.25, 0.3) is 0 Å². The number of nitrogens with zero attached hydrogens (tertiary/aromatic N) is 1. The zero-order valence-corrected chi connectivity index (χ0v) is 10.5. The Morgan fingerprint density at radius 3 is 2.41 bits per heavy atom. The number of rotatable bonds is 6. The number of hydrogen-bond donors (Lipinski definition) is 3. The van der Waals surface area contributed by atoms with Crippen LogP contribution in [0.25, 0.3) is 0 Å². The number of carbonyl (C=O) groups is 2. The summed E-state index contributed by atoms with van der Waals surface area (Å²) in [4.78, 5) is 24.0. The van der Waals surface area contributed by atoms with Crippen molar-refractivity contribution in [2.24, 2.45) is 11.7 Å². The molecule has 0 saturated heterocycles. The maximum atomic E-state index is 11.5. The fourth-order valence-corrected chi connectivity index (χ4v) is 1.51. The van der Waals surface area contributed by atoms with Crippen LogP contribution in [-0.2, 0) is 4.79 Å². The molecule has 3 amide bonds. The molecule has 1 unspecified atom stereocenters. The van der Waals surface area contributed by atoms with Crippen LogP contribution in [0, 0.1) is 5.92 Å². The molecule has 1 aliphatic rings. The van der Waals surface area contributed by atoms with E-state index in [4.69, 9.17) is 5.73 Å². The third-order valence-corrected chi connectivity index (χ3v) is 2.78. The molecule has 1 fully saturated rings. The van der Waals surface area contributed by atoms with Gasteiger partial charge in [0, 0.05) is 39.6 Å². The summed E-state index contributed by atoms with van der Waals surface area (Å²) in [6.45, 7) is 0.872. The zero-order valence-electron chi connectivity index (χ0n) is 10.5. The predicted octanol–water partition coefficient (Wildman–Crippen LogP) is -0.499. The minimum Gasteiger partial charge on any atom is -0.354 e. The topological polar surface area (TPSA) is 87.5 Å². The second kappa shape index (κ2) is 6.44. The minimum atomic E-state index is -0.158. The molecule has 0 heterocycles. The Kier molecular flexibility index (Phi) is 5.21. The van der Waals surface area contributed by atoms with Crippen LogP contribution in [0.15, 0.2) is 0 Å². The van der Waals surface area contributed by atoms with Crippen LogP contribution < -0.4 is 16.4 Å². The first-order chi connectivity index (χ1) is 8.00. The second-order valence-corrected chi connectivity index (χ2v) is 4.68. The number of amides is 3. The smallest absolute Gasteiger partial charge is 0.316 e. The SMILES string of the molecule is CN(C)C(=O)NCCNC(=O)CC(N)C1CC1. The van der Waals surface area contributed by atoms with E-state index >= 15 is 0 Å². The van der Waals surface area contributed by atoms with E-state index < -0.39 is 0 Å². The number of carbonyl (C=O) groups excluding carboxylic acids is 2. The number of hydrogen-bond acceptors (Lipinski definition) is 3. The normalized spacial score (nSPS) is 16.2. The Labute approximate surface area is 102 Å². The predicted molar refractivity (Wildman–Crippen MR) is 65.4 cm³/mol. The van der Waals surface area contributed by atoms with Gasteiger partial charge in [-0.2, -0.15) is 0 Å². The zero-order chi connectivity index (χ0) is 12.8. The Bertz CT molecular complexity index is 277. The van der Waals surface area contributed by atoms with Gasteiger partial charge in [0.05, 0.1) is 0 Å². The molecule has 0 bridgehead atoms. The van der Waals surface area contributed by atoms with E-state index in [2.05, 4.69) is 10.6 Å². The molecule has 0 radical (unpaired) electrons. The van der Waals surface area contributed by atoms with Crippen LogP contribution in [-0.4, -0.2) is 50.1 Å². The highest BCUT2D eigenvalue weighted by atomic mass is 16.2. The molecule has 98 valence electrons. The average molecular weight is 242 g/mol. The number of nitrogens with two attached hydrogens (primary N) is 1. The highest BCUT2D eigenvalue weighted by Crippen LogP contribution is 2.32. The lowest BCUT2D eigenvalue weighted by Crippen LogP contribution is -2.40. The fourth-order valence-electron chi connectivity index (χ4n) is 1.51. The van der Waals surface area contributed by atoms with Crippen molar-refractivity contribution in [3.8, 4) is 0 Å². The maximum absolute atomic E-state index is 11.5. The Balaban J connectivity index is 2.01. The Morgan fingerprint density at radius 2 is 1.88 bits per heavy atom. The van der Waals surface area contributed by atoms with Crippen LogP contribution in [0.3, 0.4) is 0 Å². The van der Waals surface area contributed by atoms with Gasteiger partial charge in [-0.15, -0.1) is 0 Å².